The number of halogens is 2. The number of nitrogens with zero attached hydrogens (tertiary/aromatic N) is 2. The quantitative estimate of drug-likeness (QED) is 0.795. The molecule has 0 aliphatic rings. The molecule has 0 unspecified atom stereocenters. The number of carbonyl (C=O) groups excluding carboxylic acids is 1. The Morgan fingerprint density at radius 1 is 1.13 bits per heavy atom. The van der Waals surface area contributed by atoms with Crippen LogP contribution in [0.25, 0.3) is 11.5 Å². The number of hydrogen-bond acceptors (Lipinski definition) is 4. The molecule has 1 amide bonds. The Hall–Kier alpha value is -2.73. The third-order valence-corrected chi connectivity index (χ3v) is 3.41. The predicted octanol–water partition coefficient (Wildman–Crippen LogP) is 3.46. The molecule has 0 aliphatic carbocycles. The summed E-state index contributed by atoms with van der Waals surface area (Å²) in [7, 11) is 0. The molecule has 23 heavy (non-hydrogen) atoms. The van der Waals surface area contributed by atoms with E-state index in [2.05, 4.69) is 15.5 Å². The van der Waals surface area contributed by atoms with E-state index in [1.807, 2.05) is 0 Å². The van der Waals surface area contributed by atoms with Crippen molar-refractivity contribution in [1.82, 2.24) is 15.5 Å². The van der Waals surface area contributed by atoms with Crippen molar-refractivity contribution < 1.29 is 13.6 Å². The first-order valence-electron chi connectivity index (χ1n) is 6.74. The van der Waals surface area contributed by atoms with Crippen molar-refractivity contribution in [2.45, 2.75) is 6.54 Å². The lowest BCUT2D eigenvalue weighted by atomic mass is 10.2. The van der Waals surface area contributed by atoms with Gasteiger partial charge in [-0.25, -0.2) is 4.39 Å². The van der Waals surface area contributed by atoms with Crippen LogP contribution in [0.2, 0.25) is 5.02 Å². The van der Waals surface area contributed by atoms with E-state index in [1.165, 1.54) is 24.3 Å². The van der Waals surface area contributed by atoms with E-state index in [4.69, 9.17) is 16.0 Å². The summed E-state index contributed by atoms with van der Waals surface area (Å²) in [6, 6.07) is 12.3. The van der Waals surface area contributed by atoms with Gasteiger partial charge in [-0.3, -0.25) is 4.79 Å². The maximum atomic E-state index is 12.8. The Balaban J connectivity index is 1.67. The topological polar surface area (TPSA) is 68.0 Å². The van der Waals surface area contributed by atoms with Crippen LogP contribution in [0.1, 0.15) is 16.2 Å². The zero-order chi connectivity index (χ0) is 16.2. The third-order valence-electron chi connectivity index (χ3n) is 3.08. The highest BCUT2D eigenvalue weighted by atomic mass is 35.5. The summed E-state index contributed by atoms with van der Waals surface area (Å²) in [5.74, 6) is -0.234. The molecule has 0 aliphatic heterocycles. The van der Waals surface area contributed by atoms with Crippen molar-refractivity contribution in [3.8, 4) is 11.5 Å². The van der Waals surface area contributed by atoms with Gasteiger partial charge in [-0.2, -0.15) is 0 Å². The Morgan fingerprint density at radius 2 is 1.87 bits per heavy atom. The minimum atomic E-state index is -0.400. The van der Waals surface area contributed by atoms with Gasteiger partial charge < -0.3 is 9.73 Å². The maximum absolute atomic E-state index is 12.8. The first kappa shape index (κ1) is 15.2. The Morgan fingerprint density at radius 3 is 2.61 bits per heavy atom. The molecule has 3 rings (SSSR count). The van der Waals surface area contributed by atoms with Gasteiger partial charge in [0.05, 0.1) is 17.1 Å². The van der Waals surface area contributed by atoms with Crippen LogP contribution in [0.4, 0.5) is 4.39 Å². The molecule has 0 bridgehead atoms. The van der Waals surface area contributed by atoms with Crippen molar-refractivity contribution in [3.63, 3.8) is 0 Å². The van der Waals surface area contributed by atoms with Crippen molar-refractivity contribution in [2.24, 2.45) is 0 Å². The summed E-state index contributed by atoms with van der Waals surface area (Å²) in [6.45, 7) is 0.0632. The molecule has 7 heteroatoms. The molecular formula is C16H11ClFN3O2. The summed E-state index contributed by atoms with van der Waals surface area (Å²) < 4.78 is 18.3. The molecule has 3 aromatic rings. The van der Waals surface area contributed by atoms with Crippen LogP contribution in [-0.4, -0.2) is 16.1 Å². The average molecular weight is 332 g/mol. The lowest BCUT2D eigenvalue weighted by Crippen LogP contribution is -2.22. The van der Waals surface area contributed by atoms with Crippen LogP contribution in [0.3, 0.4) is 0 Å². The molecule has 0 saturated heterocycles. The molecule has 0 fully saturated rings. The van der Waals surface area contributed by atoms with E-state index in [0.717, 1.165) is 0 Å². The van der Waals surface area contributed by atoms with Gasteiger partial charge in [0.25, 0.3) is 5.91 Å². The van der Waals surface area contributed by atoms with Crippen molar-refractivity contribution in [1.29, 1.82) is 0 Å². The number of benzene rings is 2. The van der Waals surface area contributed by atoms with Crippen molar-refractivity contribution in [2.75, 3.05) is 0 Å². The summed E-state index contributed by atoms with van der Waals surface area (Å²) in [4.78, 5) is 11.9. The molecular weight excluding hydrogens is 321 g/mol. The third kappa shape index (κ3) is 3.54. The molecule has 1 aromatic heterocycles. The van der Waals surface area contributed by atoms with Gasteiger partial charge in [0, 0.05) is 5.56 Å². The highest BCUT2D eigenvalue weighted by Crippen LogP contribution is 2.26. The standard InChI is InChI=1S/C16H11ClFN3O2/c17-13-4-2-1-3-12(13)16-21-20-14(23-16)9-19-15(22)10-5-7-11(18)8-6-10/h1-8H,9H2,(H,19,22). The second kappa shape index (κ2) is 6.58. The molecule has 5 nitrogen and oxygen atoms in total. The fourth-order valence-electron chi connectivity index (χ4n) is 1.93. The van der Waals surface area contributed by atoms with Gasteiger partial charge in [-0.05, 0) is 36.4 Å². The smallest absolute Gasteiger partial charge is 0.251 e. The largest absolute Gasteiger partial charge is 0.419 e. The second-order valence-corrected chi connectivity index (χ2v) is 5.08. The van der Waals surface area contributed by atoms with Gasteiger partial charge in [-0.15, -0.1) is 10.2 Å². The van der Waals surface area contributed by atoms with Gasteiger partial charge in [0.15, 0.2) is 0 Å². The monoisotopic (exact) mass is 331 g/mol. The zero-order valence-electron chi connectivity index (χ0n) is 11.8. The fourth-order valence-corrected chi connectivity index (χ4v) is 2.14. The van der Waals surface area contributed by atoms with Crippen LogP contribution in [0.15, 0.2) is 52.9 Å². The van der Waals surface area contributed by atoms with Crippen LogP contribution >= 0.6 is 11.6 Å². The average Bonchev–Trinajstić information content (AvgIpc) is 3.02. The second-order valence-electron chi connectivity index (χ2n) is 4.67. The van der Waals surface area contributed by atoms with Gasteiger partial charge in [0.2, 0.25) is 11.8 Å². The van der Waals surface area contributed by atoms with Crippen molar-refractivity contribution in [3.05, 3.63) is 70.8 Å². The molecule has 116 valence electrons. The molecule has 1 heterocycles. The molecule has 0 saturated carbocycles. The van der Waals surface area contributed by atoms with E-state index < -0.39 is 5.82 Å². The maximum Gasteiger partial charge on any atom is 0.251 e. The van der Waals surface area contributed by atoms with Gasteiger partial charge >= 0.3 is 0 Å². The zero-order valence-corrected chi connectivity index (χ0v) is 12.5. The summed E-state index contributed by atoms with van der Waals surface area (Å²) in [5, 5.41) is 10.9. The normalized spacial score (nSPS) is 10.5. The first-order chi connectivity index (χ1) is 11.1. The number of hydrogen-bond donors (Lipinski definition) is 1. The predicted molar refractivity (Wildman–Crippen MR) is 82.3 cm³/mol. The number of aromatic nitrogens is 2. The number of rotatable bonds is 4. The van der Waals surface area contributed by atoms with Crippen LogP contribution in [-0.2, 0) is 6.54 Å². The molecule has 0 radical (unpaired) electrons. The Bertz CT molecular complexity index is 833. The van der Waals surface area contributed by atoms with Gasteiger partial charge in [0.1, 0.15) is 5.82 Å². The van der Waals surface area contributed by atoms with E-state index in [1.54, 1.807) is 24.3 Å². The number of carbonyl (C=O) groups is 1. The minimum Gasteiger partial charge on any atom is -0.419 e. The SMILES string of the molecule is O=C(NCc1nnc(-c2ccccc2Cl)o1)c1ccc(F)cc1. The number of amides is 1. The van der Waals surface area contributed by atoms with Gasteiger partial charge in [-0.1, -0.05) is 23.7 Å². The Labute approximate surface area is 136 Å². The van der Waals surface area contributed by atoms with Crippen LogP contribution in [0, 0.1) is 5.82 Å². The Kier molecular flexibility index (Phi) is 4.34. The fraction of sp³-hybridized carbons (Fsp3) is 0.0625. The summed E-state index contributed by atoms with van der Waals surface area (Å²) >= 11 is 6.06. The van der Waals surface area contributed by atoms with Crippen molar-refractivity contribution >= 4 is 17.5 Å². The molecule has 1 N–H and O–H groups in total. The van der Waals surface area contributed by atoms with Crippen LogP contribution < -0.4 is 5.32 Å². The minimum absolute atomic E-state index is 0.0632. The highest BCUT2D eigenvalue weighted by Gasteiger charge is 2.12. The highest BCUT2D eigenvalue weighted by molar-refractivity contribution is 6.33. The van der Waals surface area contributed by atoms with E-state index in [9.17, 15) is 9.18 Å². The summed E-state index contributed by atoms with van der Waals surface area (Å²) in [6.07, 6.45) is 0. The number of nitrogens with one attached hydrogen (secondary N) is 1. The van der Waals surface area contributed by atoms with E-state index in [-0.39, 0.29) is 24.2 Å². The van der Waals surface area contributed by atoms with E-state index >= 15 is 0 Å². The lowest BCUT2D eigenvalue weighted by molar-refractivity contribution is 0.0947. The van der Waals surface area contributed by atoms with Crippen LogP contribution in [0.5, 0.6) is 0 Å². The molecule has 0 spiro atoms. The summed E-state index contributed by atoms with van der Waals surface area (Å²) in [5.41, 5.74) is 0.968. The molecule has 0 atom stereocenters. The van der Waals surface area contributed by atoms with E-state index in [0.29, 0.717) is 16.1 Å². The first-order valence-corrected chi connectivity index (χ1v) is 7.12. The lowest BCUT2D eigenvalue weighted by Gasteiger charge is -2.02. The molecule has 2 aromatic carbocycles.